The Balaban J connectivity index is 3.43. The number of amidine groups is 1. The van der Waals surface area contributed by atoms with Gasteiger partial charge in [0.25, 0.3) is 0 Å². The predicted molar refractivity (Wildman–Crippen MR) is 75.3 cm³/mol. The lowest BCUT2D eigenvalue weighted by Gasteiger charge is -2.11. The van der Waals surface area contributed by atoms with Crippen LogP contribution in [-0.2, 0) is 0 Å². The molecule has 0 radical (unpaired) electrons. The topological polar surface area (TPSA) is 49.9 Å². The van der Waals surface area contributed by atoms with Gasteiger partial charge in [-0.1, -0.05) is 29.9 Å². The number of allylic oxidation sites excluding steroid dienone is 4. The Labute approximate surface area is 103 Å². The monoisotopic (exact) mass is 228 g/mol. The maximum atomic E-state index is 7.50. The third-order valence-electron chi connectivity index (χ3n) is 2.71. The molecule has 2 heteroatoms. The van der Waals surface area contributed by atoms with E-state index in [1.165, 1.54) is 16.7 Å². The first kappa shape index (κ1) is 13.2. The molecule has 1 rings (SSSR count). The molecule has 1 aromatic rings. The molecule has 0 amide bonds. The van der Waals surface area contributed by atoms with E-state index in [0.29, 0.717) is 0 Å². The van der Waals surface area contributed by atoms with Crippen LogP contribution < -0.4 is 5.73 Å². The molecule has 17 heavy (non-hydrogen) atoms. The van der Waals surface area contributed by atoms with Gasteiger partial charge in [-0.3, -0.25) is 5.41 Å². The molecule has 1 aromatic carbocycles. The molecule has 0 fully saturated rings. The van der Waals surface area contributed by atoms with Crippen molar-refractivity contribution in [3.63, 3.8) is 0 Å². The number of nitrogens with one attached hydrogen (secondary N) is 1. The summed E-state index contributed by atoms with van der Waals surface area (Å²) in [4.78, 5) is 0. The fraction of sp³-hybridized carbons (Fsp3) is 0.267. The number of hydrogen-bond acceptors (Lipinski definition) is 1. The number of nitrogens with two attached hydrogens (primary N) is 1. The van der Waals surface area contributed by atoms with Crippen molar-refractivity contribution in [2.75, 3.05) is 0 Å². The average Bonchev–Trinajstić information content (AvgIpc) is 2.26. The highest BCUT2D eigenvalue weighted by atomic mass is 14.7. The maximum Gasteiger partial charge on any atom is 0.122 e. The summed E-state index contributed by atoms with van der Waals surface area (Å²) in [6.45, 7) is 8.27. The normalized spacial score (nSPS) is 10.6. The van der Waals surface area contributed by atoms with Gasteiger partial charge in [-0.05, 0) is 50.5 Å². The third kappa shape index (κ3) is 3.06. The number of aryl methyl sites for hydroxylation is 1. The Kier molecular flexibility index (Phi) is 4.27. The van der Waals surface area contributed by atoms with Crippen molar-refractivity contribution in [1.82, 2.24) is 0 Å². The molecule has 0 atom stereocenters. The lowest BCUT2D eigenvalue weighted by molar-refractivity contribution is 1.34. The van der Waals surface area contributed by atoms with E-state index in [-0.39, 0.29) is 5.84 Å². The highest BCUT2D eigenvalue weighted by Gasteiger charge is 2.06. The molecule has 3 N–H and O–H groups in total. The van der Waals surface area contributed by atoms with Crippen molar-refractivity contribution in [3.8, 4) is 0 Å². The van der Waals surface area contributed by atoms with Crippen LogP contribution in [0.3, 0.4) is 0 Å². The second kappa shape index (κ2) is 5.48. The Morgan fingerprint density at radius 2 is 1.94 bits per heavy atom. The summed E-state index contributed by atoms with van der Waals surface area (Å²) in [5.74, 6) is 0.111. The molecule has 0 aliphatic heterocycles. The summed E-state index contributed by atoms with van der Waals surface area (Å²) >= 11 is 0. The molecule has 90 valence electrons. The molecule has 0 aliphatic rings. The van der Waals surface area contributed by atoms with Crippen molar-refractivity contribution in [2.24, 2.45) is 5.73 Å². The first-order valence-corrected chi connectivity index (χ1v) is 5.73. The Morgan fingerprint density at radius 1 is 1.29 bits per heavy atom. The lowest BCUT2D eigenvalue weighted by atomic mass is 9.94. The SMILES string of the molecule is C/C=C\C(=C(C)C)c1cc(C(=N)N)ccc1C. The quantitative estimate of drug-likeness (QED) is 0.463. The van der Waals surface area contributed by atoms with Gasteiger partial charge in [0, 0.05) is 5.56 Å². The number of rotatable bonds is 3. The molecule has 0 saturated heterocycles. The van der Waals surface area contributed by atoms with Crippen molar-refractivity contribution in [1.29, 1.82) is 5.41 Å². The minimum atomic E-state index is 0.111. The Hall–Kier alpha value is -1.83. The van der Waals surface area contributed by atoms with E-state index in [4.69, 9.17) is 11.1 Å². The van der Waals surface area contributed by atoms with Crippen molar-refractivity contribution < 1.29 is 0 Å². The first-order chi connectivity index (χ1) is 7.97. The standard InChI is InChI=1S/C15H20N2/c1-5-6-13(10(2)3)14-9-12(15(16)17)8-7-11(14)4/h5-9H,1-4H3,(H3,16,17)/b6-5-. The number of hydrogen-bond donors (Lipinski definition) is 2. The highest BCUT2D eigenvalue weighted by molar-refractivity contribution is 5.96. The summed E-state index contributed by atoms with van der Waals surface area (Å²) in [6.07, 6.45) is 4.13. The zero-order valence-corrected chi connectivity index (χ0v) is 11.0. The van der Waals surface area contributed by atoms with Gasteiger partial charge in [-0.25, -0.2) is 0 Å². The number of benzene rings is 1. The van der Waals surface area contributed by atoms with Crippen molar-refractivity contribution >= 4 is 11.4 Å². The summed E-state index contributed by atoms with van der Waals surface area (Å²) in [6, 6.07) is 5.89. The third-order valence-corrected chi connectivity index (χ3v) is 2.71. The van der Waals surface area contributed by atoms with E-state index in [9.17, 15) is 0 Å². The molecular weight excluding hydrogens is 208 g/mol. The zero-order chi connectivity index (χ0) is 13.0. The molecule has 2 nitrogen and oxygen atoms in total. The molecule has 0 aromatic heterocycles. The van der Waals surface area contributed by atoms with E-state index < -0.39 is 0 Å². The highest BCUT2D eigenvalue weighted by Crippen LogP contribution is 2.24. The van der Waals surface area contributed by atoms with Crippen LogP contribution in [0, 0.1) is 12.3 Å². The molecule has 0 bridgehead atoms. The average molecular weight is 228 g/mol. The Bertz CT molecular complexity index is 490. The van der Waals surface area contributed by atoms with Crippen LogP contribution in [-0.4, -0.2) is 5.84 Å². The molecule has 0 unspecified atom stereocenters. The van der Waals surface area contributed by atoms with Gasteiger partial charge in [0.05, 0.1) is 0 Å². The second-order valence-corrected chi connectivity index (χ2v) is 4.36. The lowest BCUT2D eigenvalue weighted by Crippen LogP contribution is -2.11. The van der Waals surface area contributed by atoms with Gasteiger partial charge in [0.1, 0.15) is 5.84 Å². The molecule has 0 saturated carbocycles. The maximum absolute atomic E-state index is 7.50. The predicted octanol–water partition coefficient (Wildman–Crippen LogP) is 3.65. The van der Waals surface area contributed by atoms with Crippen LogP contribution >= 0.6 is 0 Å². The van der Waals surface area contributed by atoms with Crippen LogP contribution in [0.4, 0.5) is 0 Å². The minimum Gasteiger partial charge on any atom is -0.384 e. The second-order valence-electron chi connectivity index (χ2n) is 4.36. The van der Waals surface area contributed by atoms with Crippen LogP contribution in [0.5, 0.6) is 0 Å². The fourth-order valence-electron chi connectivity index (χ4n) is 1.77. The van der Waals surface area contributed by atoms with Gasteiger partial charge in [0.2, 0.25) is 0 Å². The fourth-order valence-corrected chi connectivity index (χ4v) is 1.77. The first-order valence-electron chi connectivity index (χ1n) is 5.73. The van der Waals surface area contributed by atoms with E-state index in [1.807, 2.05) is 31.2 Å². The largest absolute Gasteiger partial charge is 0.384 e. The van der Waals surface area contributed by atoms with E-state index in [2.05, 4.69) is 26.8 Å². The summed E-state index contributed by atoms with van der Waals surface area (Å²) in [7, 11) is 0. The van der Waals surface area contributed by atoms with Crippen molar-refractivity contribution in [3.05, 3.63) is 52.6 Å². The molecule has 0 aliphatic carbocycles. The van der Waals surface area contributed by atoms with Crippen LogP contribution in [0.1, 0.15) is 37.5 Å². The van der Waals surface area contributed by atoms with Gasteiger partial charge in [-0.2, -0.15) is 0 Å². The summed E-state index contributed by atoms with van der Waals surface area (Å²) in [5, 5.41) is 7.50. The van der Waals surface area contributed by atoms with Gasteiger partial charge in [0.15, 0.2) is 0 Å². The minimum absolute atomic E-state index is 0.111. The summed E-state index contributed by atoms with van der Waals surface area (Å²) < 4.78 is 0. The van der Waals surface area contributed by atoms with Crippen LogP contribution in [0.15, 0.2) is 35.9 Å². The van der Waals surface area contributed by atoms with E-state index in [0.717, 1.165) is 11.1 Å². The van der Waals surface area contributed by atoms with Crippen molar-refractivity contribution in [2.45, 2.75) is 27.7 Å². The summed E-state index contributed by atoms with van der Waals surface area (Å²) in [5.41, 5.74) is 11.1. The van der Waals surface area contributed by atoms with Gasteiger partial charge < -0.3 is 5.73 Å². The van der Waals surface area contributed by atoms with Crippen LogP contribution in [0.25, 0.3) is 5.57 Å². The van der Waals surface area contributed by atoms with Gasteiger partial charge >= 0.3 is 0 Å². The smallest absolute Gasteiger partial charge is 0.122 e. The Morgan fingerprint density at radius 3 is 2.41 bits per heavy atom. The molecular formula is C15H20N2. The van der Waals surface area contributed by atoms with E-state index in [1.54, 1.807) is 0 Å². The molecule has 0 heterocycles. The van der Waals surface area contributed by atoms with E-state index >= 15 is 0 Å². The number of nitrogen functional groups attached to an aromatic ring is 1. The molecule has 0 spiro atoms. The van der Waals surface area contributed by atoms with Gasteiger partial charge in [-0.15, -0.1) is 0 Å². The zero-order valence-electron chi connectivity index (χ0n) is 11.0. The van der Waals surface area contributed by atoms with Crippen LogP contribution in [0.2, 0.25) is 0 Å².